The molecule has 0 N–H and O–H groups in total. The van der Waals surface area contributed by atoms with Crippen LogP contribution in [0.15, 0.2) is 42.8 Å². The molecule has 1 aromatic rings. The van der Waals surface area contributed by atoms with E-state index in [4.69, 9.17) is 0 Å². The Bertz CT molecular complexity index is 767. The van der Waals surface area contributed by atoms with Crippen molar-refractivity contribution in [1.82, 2.24) is 19.8 Å². The van der Waals surface area contributed by atoms with E-state index in [9.17, 15) is 9.59 Å². The molecule has 0 radical (unpaired) electrons. The molecule has 1 saturated carbocycles. The molecule has 29 heavy (non-hydrogen) atoms. The van der Waals surface area contributed by atoms with Gasteiger partial charge in [-0.2, -0.15) is 0 Å². The fourth-order valence-corrected chi connectivity index (χ4v) is 4.63. The van der Waals surface area contributed by atoms with Gasteiger partial charge in [0.2, 0.25) is 17.8 Å². The van der Waals surface area contributed by atoms with Gasteiger partial charge in [-0.3, -0.25) is 19.4 Å². The van der Waals surface area contributed by atoms with E-state index in [1.165, 1.54) is 4.90 Å². The first-order chi connectivity index (χ1) is 14.1. The van der Waals surface area contributed by atoms with E-state index < -0.39 is 0 Å². The second kappa shape index (κ2) is 8.45. The second-order valence-electron chi connectivity index (χ2n) is 8.18. The zero-order valence-corrected chi connectivity index (χ0v) is 16.9. The van der Waals surface area contributed by atoms with Crippen molar-refractivity contribution < 1.29 is 9.59 Å². The van der Waals surface area contributed by atoms with Gasteiger partial charge in [0.15, 0.2) is 0 Å². The number of unbranched alkanes of at least 4 members (excludes halogenated alkanes) is 1. The smallest absolute Gasteiger partial charge is 0.237 e. The molecule has 3 fully saturated rings. The summed E-state index contributed by atoms with van der Waals surface area (Å²) >= 11 is 0. The SMILES string of the molecule is C=C1CCC(=C)[C@H]2C(=O)N(CCCCN3CCN(c4ncccn4)CC3)C(=O)[C@@H]12. The van der Waals surface area contributed by atoms with Crippen molar-refractivity contribution in [3.8, 4) is 0 Å². The quantitative estimate of drug-likeness (QED) is 0.416. The lowest BCUT2D eigenvalue weighted by Crippen LogP contribution is -2.47. The molecular formula is C22H29N5O2. The molecule has 0 unspecified atom stereocenters. The molecule has 2 aliphatic heterocycles. The van der Waals surface area contributed by atoms with Gasteiger partial charge in [-0.25, -0.2) is 9.97 Å². The maximum absolute atomic E-state index is 12.7. The van der Waals surface area contributed by atoms with E-state index >= 15 is 0 Å². The third-order valence-electron chi connectivity index (χ3n) is 6.36. The predicted octanol–water partition coefficient (Wildman–Crippen LogP) is 1.89. The van der Waals surface area contributed by atoms with E-state index in [0.29, 0.717) is 6.54 Å². The number of carbonyl (C=O) groups excluding carboxylic acids is 2. The molecule has 0 spiro atoms. The predicted molar refractivity (Wildman–Crippen MR) is 111 cm³/mol. The van der Waals surface area contributed by atoms with Crippen LogP contribution in [0.25, 0.3) is 0 Å². The summed E-state index contributed by atoms with van der Waals surface area (Å²) in [6.45, 7) is 13.3. The van der Waals surface area contributed by atoms with Crippen LogP contribution >= 0.6 is 0 Å². The molecule has 2 saturated heterocycles. The highest BCUT2D eigenvalue weighted by atomic mass is 16.2. The van der Waals surface area contributed by atoms with Gasteiger partial charge in [0, 0.05) is 45.1 Å². The normalized spacial score (nSPS) is 25.7. The van der Waals surface area contributed by atoms with Crippen molar-refractivity contribution in [1.29, 1.82) is 0 Å². The molecule has 0 bridgehead atoms. The van der Waals surface area contributed by atoms with Crippen molar-refractivity contribution >= 4 is 17.8 Å². The number of amides is 2. The van der Waals surface area contributed by atoms with Crippen LogP contribution in [0, 0.1) is 11.8 Å². The summed E-state index contributed by atoms with van der Waals surface area (Å²) < 4.78 is 0. The van der Waals surface area contributed by atoms with Crippen molar-refractivity contribution in [3.63, 3.8) is 0 Å². The fourth-order valence-electron chi connectivity index (χ4n) is 4.63. The average molecular weight is 396 g/mol. The van der Waals surface area contributed by atoms with Crippen LogP contribution in [-0.2, 0) is 9.59 Å². The molecule has 154 valence electrons. The molecular weight excluding hydrogens is 366 g/mol. The van der Waals surface area contributed by atoms with Crippen LogP contribution in [0.5, 0.6) is 0 Å². The average Bonchev–Trinajstić information content (AvgIpc) is 3.00. The molecule has 3 aliphatic rings. The fraction of sp³-hybridized carbons (Fsp3) is 0.545. The van der Waals surface area contributed by atoms with Crippen molar-refractivity contribution in [3.05, 3.63) is 42.8 Å². The van der Waals surface area contributed by atoms with Gasteiger partial charge >= 0.3 is 0 Å². The number of hydrogen-bond acceptors (Lipinski definition) is 6. The summed E-state index contributed by atoms with van der Waals surface area (Å²) in [6, 6.07) is 1.83. The van der Waals surface area contributed by atoms with Gasteiger partial charge in [-0.05, 0) is 38.3 Å². The van der Waals surface area contributed by atoms with Gasteiger partial charge in [-0.1, -0.05) is 24.3 Å². The first-order valence-electron chi connectivity index (χ1n) is 10.5. The highest BCUT2D eigenvalue weighted by Gasteiger charge is 2.50. The number of fused-ring (bicyclic) bond motifs is 1. The van der Waals surface area contributed by atoms with Gasteiger partial charge in [0.1, 0.15) is 0 Å². The summed E-state index contributed by atoms with van der Waals surface area (Å²) in [5.74, 6) is -0.0680. The minimum absolute atomic E-state index is 0.0673. The van der Waals surface area contributed by atoms with Crippen molar-refractivity contribution in [2.24, 2.45) is 11.8 Å². The van der Waals surface area contributed by atoms with Crippen LogP contribution in [0.1, 0.15) is 25.7 Å². The standard InChI is InChI=1S/C22H29N5O2/c1-16-6-7-17(2)19-18(16)20(28)27(21(19)29)11-4-3-10-25-12-14-26(15-13-25)22-23-8-5-9-24-22/h5,8-9,18-19H,1-4,6-7,10-15H2/t18-,19+. The van der Waals surface area contributed by atoms with E-state index in [1.54, 1.807) is 12.4 Å². The maximum Gasteiger partial charge on any atom is 0.237 e. The van der Waals surface area contributed by atoms with Crippen LogP contribution in [0.2, 0.25) is 0 Å². The largest absolute Gasteiger partial charge is 0.338 e. The molecule has 0 aromatic carbocycles. The minimum Gasteiger partial charge on any atom is -0.338 e. The summed E-state index contributed by atoms with van der Waals surface area (Å²) in [5, 5.41) is 0. The van der Waals surface area contributed by atoms with Gasteiger partial charge in [0.05, 0.1) is 11.8 Å². The lowest BCUT2D eigenvalue weighted by Gasteiger charge is -2.34. The summed E-state index contributed by atoms with van der Waals surface area (Å²) in [4.78, 5) is 40.2. The summed E-state index contributed by atoms with van der Waals surface area (Å²) in [7, 11) is 0. The number of nitrogens with zero attached hydrogens (tertiary/aromatic N) is 5. The lowest BCUT2D eigenvalue weighted by atomic mass is 9.75. The Balaban J connectivity index is 1.21. The molecule has 4 rings (SSSR count). The molecule has 1 aliphatic carbocycles. The van der Waals surface area contributed by atoms with E-state index in [-0.39, 0.29) is 23.7 Å². The first-order valence-corrected chi connectivity index (χ1v) is 10.5. The highest BCUT2D eigenvalue weighted by molar-refractivity contribution is 6.08. The third-order valence-corrected chi connectivity index (χ3v) is 6.36. The van der Waals surface area contributed by atoms with Crippen LogP contribution in [0.3, 0.4) is 0 Å². The molecule has 7 heteroatoms. The van der Waals surface area contributed by atoms with Crippen molar-refractivity contribution in [2.75, 3.05) is 44.2 Å². The topological polar surface area (TPSA) is 69.6 Å². The number of carbonyl (C=O) groups is 2. The highest BCUT2D eigenvalue weighted by Crippen LogP contribution is 2.43. The lowest BCUT2D eigenvalue weighted by molar-refractivity contribution is -0.139. The Hall–Kier alpha value is -2.54. The van der Waals surface area contributed by atoms with Gasteiger partial charge in [0.25, 0.3) is 0 Å². The maximum atomic E-state index is 12.7. The number of imide groups is 1. The molecule has 2 atom stereocenters. The Kier molecular flexibility index (Phi) is 5.76. The first kappa shape index (κ1) is 19.8. The number of hydrogen-bond donors (Lipinski definition) is 0. The van der Waals surface area contributed by atoms with Crippen LogP contribution in [-0.4, -0.2) is 70.9 Å². The number of anilines is 1. The Morgan fingerprint density at radius 2 is 1.41 bits per heavy atom. The number of likely N-dealkylation sites (tertiary alicyclic amines) is 1. The van der Waals surface area contributed by atoms with E-state index in [0.717, 1.165) is 75.5 Å². The second-order valence-corrected chi connectivity index (χ2v) is 8.18. The Morgan fingerprint density at radius 3 is 2.00 bits per heavy atom. The monoisotopic (exact) mass is 395 g/mol. The van der Waals surface area contributed by atoms with Gasteiger partial charge in [-0.15, -0.1) is 0 Å². The third kappa shape index (κ3) is 3.96. The molecule has 1 aromatic heterocycles. The number of aromatic nitrogens is 2. The molecule has 7 nitrogen and oxygen atoms in total. The van der Waals surface area contributed by atoms with Crippen LogP contribution in [0.4, 0.5) is 5.95 Å². The van der Waals surface area contributed by atoms with Crippen molar-refractivity contribution in [2.45, 2.75) is 25.7 Å². The minimum atomic E-state index is -0.364. The number of piperazine rings is 1. The summed E-state index contributed by atoms with van der Waals surface area (Å²) in [5.41, 5.74) is 1.78. The van der Waals surface area contributed by atoms with E-state index in [1.807, 2.05) is 6.07 Å². The zero-order chi connectivity index (χ0) is 20.4. The molecule has 2 amide bonds. The Morgan fingerprint density at radius 1 is 0.862 bits per heavy atom. The van der Waals surface area contributed by atoms with E-state index in [2.05, 4.69) is 32.9 Å². The Labute approximate surface area is 172 Å². The van der Waals surface area contributed by atoms with Crippen LogP contribution < -0.4 is 4.90 Å². The molecule has 3 heterocycles. The zero-order valence-electron chi connectivity index (χ0n) is 16.9. The number of rotatable bonds is 6. The summed E-state index contributed by atoms with van der Waals surface area (Å²) in [6.07, 6.45) is 6.89. The van der Waals surface area contributed by atoms with Gasteiger partial charge < -0.3 is 4.90 Å².